The van der Waals surface area contributed by atoms with Crippen LogP contribution in [0.25, 0.3) is 0 Å². The average molecular weight is 258 g/mol. The molecule has 0 spiro atoms. The maximum Gasteiger partial charge on any atom is 0.174 e. The maximum atomic E-state index is 5.88. The minimum Gasteiger partial charge on any atom is -0.132 e. The fourth-order valence-corrected chi connectivity index (χ4v) is 1.64. The zero-order chi connectivity index (χ0) is 10.8. The Morgan fingerprint density at radius 2 is 2.00 bits per heavy atom. The van der Waals surface area contributed by atoms with E-state index < -0.39 is 0 Å². The highest BCUT2D eigenvalue weighted by Crippen LogP contribution is 2.23. The van der Waals surface area contributed by atoms with Gasteiger partial charge in [0.1, 0.15) is 5.71 Å². The molecule has 0 saturated carbocycles. The summed E-state index contributed by atoms with van der Waals surface area (Å²) < 4.78 is 0. The molecular formula is C9H5Cl2N3S. The monoisotopic (exact) mass is 257 g/mol. The van der Waals surface area contributed by atoms with E-state index in [-0.39, 0.29) is 0 Å². The van der Waals surface area contributed by atoms with E-state index in [1.165, 1.54) is 0 Å². The van der Waals surface area contributed by atoms with E-state index in [1.807, 2.05) is 6.07 Å². The Labute approximate surface area is 102 Å². The number of hydrogen-bond donors (Lipinski definition) is 0. The average Bonchev–Trinajstić information content (AvgIpc) is 2.59. The third-order valence-corrected chi connectivity index (χ3v) is 2.96. The van der Waals surface area contributed by atoms with E-state index in [0.29, 0.717) is 27.2 Å². The molecule has 0 bridgehead atoms. The topological polar surface area (TPSA) is 37.1 Å². The van der Waals surface area contributed by atoms with E-state index in [0.717, 1.165) is 5.56 Å². The molecule has 0 unspecified atom stereocenters. The molecule has 0 aromatic heterocycles. The van der Waals surface area contributed by atoms with Crippen molar-refractivity contribution in [2.45, 2.75) is 6.42 Å². The van der Waals surface area contributed by atoms with Gasteiger partial charge in [0.05, 0.1) is 10.0 Å². The lowest BCUT2D eigenvalue weighted by Crippen LogP contribution is -2.08. The van der Waals surface area contributed by atoms with Crippen LogP contribution in [0.15, 0.2) is 33.6 Å². The quantitative estimate of drug-likeness (QED) is 0.745. The van der Waals surface area contributed by atoms with Gasteiger partial charge in [0.25, 0.3) is 0 Å². The van der Waals surface area contributed by atoms with Crippen molar-refractivity contribution in [3.05, 3.63) is 33.8 Å². The molecule has 1 aromatic rings. The van der Waals surface area contributed by atoms with Crippen LogP contribution >= 0.6 is 35.4 Å². The molecule has 3 nitrogen and oxygen atoms in total. The van der Waals surface area contributed by atoms with Gasteiger partial charge in [-0.15, -0.1) is 10.2 Å². The van der Waals surface area contributed by atoms with Crippen LogP contribution < -0.4 is 0 Å². The van der Waals surface area contributed by atoms with Crippen LogP contribution in [0.2, 0.25) is 10.0 Å². The van der Waals surface area contributed by atoms with Gasteiger partial charge in [-0.1, -0.05) is 41.5 Å². The first-order valence-corrected chi connectivity index (χ1v) is 5.29. The van der Waals surface area contributed by atoms with Gasteiger partial charge in [-0.05, 0) is 22.9 Å². The lowest BCUT2D eigenvalue weighted by Gasteiger charge is -2.01. The molecule has 0 aliphatic carbocycles. The van der Waals surface area contributed by atoms with E-state index in [2.05, 4.69) is 15.4 Å². The predicted molar refractivity (Wildman–Crippen MR) is 65.1 cm³/mol. The lowest BCUT2D eigenvalue weighted by molar-refractivity contribution is 1.12. The second kappa shape index (κ2) is 4.35. The Hall–Kier alpha value is -0.840. The Morgan fingerprint density at radius 1 is 1.20 bits per heavy atom. The van der Waals surface area contributed by atoms with E-state index in [9.17, 15) is 0 Å². The van der Waals surface area contributed by atoms with Crippen molar-refractivity contribution in [1.82, 2.24) is 0 Å². The van der Waals surface area contributed by atoms with Crippen LogP contribution in [0, 0.1) is 0 Å². The molecule has 0 saturated heterocycles. The minimum atomic E-state index is 0.432. The summed E-state index contributed by atoms with van der Waals surface area (Å²) in [5.74, 6) is 0. The molecule has 1 aliphatic rings. The van der Waals surface area contributed by atoms with Crippen molar-refractivity contribution in [3.8, 4) is 0 Å². The summed E-state index contributed by atoms with van der Waals surface area (Å²) in [7, 11) is 0. The number of benzene rings is 1. The lowest BCUT2D eigenvalue weighted by atomic mass is 10.1. The molecule has 15 heavy (non-hydrogen) atoms. The molecule has 0 N–H and O–H groups in total. The van der Waals surface area contributed by atoms with Crippen molar-refractivity contribution >= 4 is 46.1 Å². The first-order valence-electron chi connectivity index (χ1n) is 4.12. The predicted octanol–water partition coefficient (Wildman–Crippen LogP) is 3.69. The van der Waals surface area contributed by atoms with Gasteiger partial charge in [-0.2, -0.15) is 0 Å². The molecule has 0 radical (unpaired) electrons. The summed E-state index contributed by atoms with van der Waals surface area (Å²) in [6.07, 6.45) is 0.572. The molecule has 2 rings (SSSR count). The Bertz CT molecular complexity index is 482. The summed E-state index contributed by atoms with van der Waals surface area (Å²) in [6.45, 7) is 0. The van der Waals surface area contributed by atoms with Gasteiger partial charge < -0.3 is 0 Å². The van der Waals surface area contributed by atoms with Crippen molar-refractivity contribution in [2.75, 3.05) is 0 Å². The van der Waals surface area contributed by atoms with Crippen LogP contribution in [0.4, 0.5) is 0 Å². The van der Waals surface area contributed by atoms with Gasteiger partial charge in [0.2, 0.25) is 0 Å². The maximum absolute atomic E-state index is 5.88. The molecule has 0 atom stereocenters. The SMILES string of the molecule is S=C1N=NN=C1Cc1ccc(Cl)c(Cl)c1. The summed E-state index contributed by atoms with van der Waals surface area (Å²) in [6, 6.07) is 5.40. The molecule has 0 amide bonds. The third kappa shape index (κ3) is 2.40. The smallest absolute Gasteiger partial charge is 0.132 e. The highest BCUT2D eigenvalue weighted by molar-refractivity contribution is 7.82. The van der Waals surface area contributed by atoms with Crippen molar-refractivity contribution in [2.24, 2.45) is 15.4 Å². The van der Waals surface area contributed by atoms with Gasteiger partial charge in [-0.25, -0.2) is 0 Å². The zero-order valence-corrected chi connectivity index (χ0v) is 9.77. The van der Waals surface area contributed by atoms with Crippen molar-refractivity contribution in [1.29, 1.82) is 0 Å². The molecule has 1 aliphatic heterocycles. The zero-order valence-electron chi connectivity index (χ0n) is 7.44. The Balaban J connectivity index is 2.19. The van der Waals surface area contributed by atoms with Crippen LogP contribution in [-0.2, 0) is 6.42 Å². The number of thiocarbonyl (C=S) groups is 1. The third-order valence-electron chi connectivity index (χ3n) is 1.90. The number of halogens is 2. The molecule has 1 aromatic carbocycles. The van der Waals surface area contributed by atoms with Crippen molar-refractivity contribution < 1.29 is 0 Å². The first-order chi connectivity index (χ1) is 7.16. The highest BCUT2D eigenvalue weighted by atomic mass is 35.5. The highest BCUT2D eigenvalue weighted by Gasteiger charge is 2.12. The van der Waals surface area contributed by atoms with E-state index in [1.54, 1.807) is 12.1 Å². The summed E-state index contributed by atoms with van der Waals surface area (Å²) >= 11 is 16.6. The molecule has 76 valence electrons. The molecular weight excluding hydrogens is 253 g/mol. The summed E-state index contributed by atoms with van der Waals surface area (Å²) in [5.41, 5.74) is 1.67. The second-order valence-electron chi connectivity index (χ2n) is 2.97. The largest absolute Gasteiger partial charge is 0.174 e. The number of rotatable bonds is 2. The molecule has 6 heteroatoms. The van der Waals surface area contributed by atoms with Crippen molar-refractivity contribution in [3.63, 3.8) is 0 Å². The van der Waals surface area contributed by atoms with Crippen LogP contribution in [0.5, 0.6) is 0 Å². The van der Waals surface area contributed by atoms with Gasteiger partial charge in [0, 0.05) is 6.42 Å². The summed E-state index contributed by atoms with van der Waals surface area (Å²) in [4.78, 5) is 0.432. The van der Waals surface area contributed by atoms with Gasteiger partial charge in [0.15, 0.2) is 4.99 Å². The first kappa shape index (κ1) is 10.7. The van der Waals surface area contributed by atoms with Crippen LogP contribution in [-0.4, -0.2) is 10.7 Å². The number of nitrogens with zero attached hydrogens (tertiary/aromatic N) is 3. The normalized spacial score (nSPS) is 14.5. The Kier molecular flexibility index (Phi) is 3.09. The van der Waals surface area contributed by atoms with Crippen LogP contribution in [0.3, 0.4) is 0 Å². The fraction of sp³-hybridized carbons (Fsp3) is 0.111. The second-order valence-corrected chi connectivity index (χ2v) is 4.17. The summed E-state index contributed by atoms with van der Waals surface area (Å²) in [5, 5.41) is 12.0. The van der Waals surface area contributed by atoms with Gasteiger partial charge in [-0.3, -0.25) is 0 Å². The van der Waals surface area contributed by atoms with Gasteiger partial charge >= 0.3 is 0 Å². The number of hydrogen-bond acceptors (Lipinski definition) is 3. The van der Waals surface area contributed by atoms with E-state index in [4.69, 9.17) is 35.4 Å². The molecule has 0 fully saturated rings. The Morgan fingerprint density at radius 3 is 2.60 bits per heavy atom. The molecule has 1 heterocycles. The minimum absolute atomic E-state index is 0.432. The van der Waals surface area contributed by atoms with Crippen LogP contribution in [0.1, 0.15) is 5.56 Å². The fourth-order valence-electron chi connectivity index (χ4n) is 1.17. The standard InChI is InChI=1S/C9H5Cl2N3S/c10-6-2-1-5(3-7(6)11)4-8-9(15)13-14-12-8/h1-3H,4H2. The van der Waals surface area contributed by atoms with E-state index >= 15 is 0 Å².